The van der Waals surface area contributed by atoms with Crippen LogP contribution in [0.4, 0.5) is 0 Å². The lowest BCUT2D eigenvalue weighted by atomic mass is 10.0. The Morgan fingerprint density at radius 1 is 1.20 bits per heavy atom. The summed E-state index contributed by atoms with van der Waals surface area (Å²) in [4.78, 5) is 26.4. The summed E-state index contributed by atoms with van der Waals surface area (Å²) in [5, 5.41) is 2.90. The van der Waals surface area contributed by atoms with E-state index in [2.05, 4.69) is 40.1 Å². The number of thiazole rings is 1. The number of carbonyl (C=O) groups is 1. The van der Waals surface area contributed by atoms with Gasteiger partial charge in [0.2, 0.25) is 0 Å². The number of rotatable bonds is 7. The number of likely N-dealkylation sites (N-methyl/N-ethyl adjacent to an activating group) is 1. The van der Waals surface area contributed by atoms with Gasteiger partial charge in [-0.2, -0.15) is 0 Å². The van der Waals surface area contributed by atoms with E-state index in [4.69, 9.17) is 0 Å². The Kier molecular flexibility index (Phi) is 6.87. The van der Waals surface area contributed by atoms with Crippen molar-refractivity contribution in [2.45, 2.75) is 31.7 Å². The van der Waals surface area contributed by atoms with Crippen LogP contribution in [0.1, 0.15) is 39.6 Å². The molecule has 2 aromatic heterocycles. The number of aromatic nitrogens is 2. The van der Waals surface area contributed by atoms with Crippen LogP contribution >= 0.6 is 11.3 Å². The van der Waals surface area contributed by atoms with E-state index in [0.29, 0.717) is 11.7 Å². The van der Waals surface area contributed by atoms with Crippen molar-refractivity contribution < 1.29 is 4.79 Å². The first-order valence-corrected chi connectivity index (χ1v) is 11.4. The van der Waals surface area contributed by atoms with Crippen molar-refractivity contribution in [1.29, 1.82) is 0 Å². The molecule has 1 aliphatic rings. The molecule has 1 aromatic carbocycles. The standard InChI is InChI=1S/C24H28N4OS/c1-27(15-12-20-10-5-6-13-25-20)21-11-7-14-28(17-21)24(29)22-18-30-23(26-22)16-19-8-3-2-4-9-19/h2-6,8-10,13,18,21H,7,11-12,14-17H2,1H3. The van der Waals surface area contributed by atoms with Gasteiger partial charge in [-0.15, -0.1) is 11.3 Å². The number of benzene rings is 1. The molecule has 1 unspecified atom stereocenters. The summed E-state index contributed by atoms with van der Waals surface area (Å²) in [7, 11) is 2.16. The maximum Gasteiger partial charge on any atom is 0.273 e. The van der Waals surface area contributed by atoms with Crippen molar-refractivity contribution in [1.82, 2.24) is 19.8 Å². The predicted octanol–water partition coefficient (Wildman–Crippen LogP) is 3.91. The van der Waals surface area contributed by atoms with Crippen LogP contribution < -0.4 is 0 Å². The fraction of sp³-hybridized carbons (Fsp3) is 0.375. The van der Waals surface area contributed by atoms with E-state index in [-0.39, 0.29) is 5.91 Å². The number of amides is 1. The Morgan fingerprint density at radius 2 is 2.03 bits per heavy atom. The highest BCUT2D eigenvalue weighted by Crippen LogP contribution is 2.20. The molecule has 3 heterocycles. The average molecular weight is 421 g/mol. The molecule has 156 valence electrons. The van der Waals surface area contributed by atoms with Gasteiger partial charge in [-0.3, -0.25) is 9.78 Å². The summed E-state index contributed by atoms with van der Waals surface area (Å²) < 4.78 is 0. The Bertz CT molecular complexity index is 944. The van der Waals surface area contributed by atoms with Gasteiger partial charge in [-0.25, -0.2) is 4.98 Å². The molecule has 0 bridgehead atoms. The number of hydrogen-bond donors (Lipinski definition) is 0. The molecule has 1 aliphatic heterocycles. The normalized spacial score (nSPS) is 16.7. The molecule has 5 nitrogen and oxygen atoms in total. The second-order valence-electron chi connectivity index (χ2n) is 7.89. The minimum atomic E-state index is 0.0633. The van der Waals surface area contributed by atoms with E-state index < -0.39 is 0 Å². The third-order valence-corrected chi connectivity index (χ3v) is 6.57. The highest BCUT2D eigenvalue weighted by Gasteiger charge is 2.28. The molecule has 4 rings (SSSR count). The molecule has 1 fully saturated rings. The van der Waals surface area contributed by atoms with Gasteiger partial charge in [0.1, 0.15) is 5.69 Å². The van der Waals surface area contributed by atoms with Gasteiger partial charge in [-0.1, -0.05) is 36.4 Å². The Balaban J connectivity index is 1.33. The van der Waals surface area contributed by atoms with Crippen LogP contribution in [-0.2, 0) is 12.8 Å². The number of piperidine rings is 1. The first-order valence-electron chi connectivity index (χ1n) is 10.6. The molecule has 30 heavy (non-hydrogen) atoms. The summed E-state index contributed by atoms with van der Waals surface area (Å²) >= 11 is 1.57. The predicted molar refractivity (Wildman–Crippen MR) is 121 cm³/mol. The Labute approximate surface area is 182 Å². The fourth-order valence-corrected chi connectivity index (χ4v) is 4.74. The molecule has 1 amide bonds. The van der Waals surface area contributed by atoms with Crippen LogP contribution in [0.5, 0.6) is 0 Å². The molecule has 0 aliphatic carbocycles. The Hall–Kier alpha value is -2.57. The molecule has 6 heteroatoms. The summed E-state index contributed by atoms with van der Waals surface area (Å²) in [6.07, 6.45) is 5.70. The van der Waals surface area contributed by atoms with E-state index in [1.807, 2.05) is 46.8 Å². The van der Waals surface area contributed by atoms with Gasteiger partial charge in [0.05, 0.1) is 5.01 Å². The maximum atomic E-state index is 13.1. The number of hydrogen-bond acceptors (Lipinski definition) is 5. The summed E-state index contributed by atoms with van der Waals surface area (Å²) in [6, 6.07) is 16.7. The van der Waals surface area contributed by atoms with Crippen LogP contribution in [0, 0.1) is 0 Å². The molecule has 1 saturated heterocycles. The molecule has 0 saturated carbocycles. The lowest BCUT2D eigenvalue weighted by molar-refractivity contribution is 0.0606. The van der Waals surface area contributed by atoms with Crippen molar-refractivity contribution in [2.75, 3.05) is 26.7 Å². The zero-order valence-corrected chi connectivity index (χ0v) is 18.2. The number of carbonyl (C=O) groups excluding carboxylic acids is 1. The number of nitrogens with zero attached hydrogens (tertiary/aromatic N) is 4. The molecule has 0 radical (unpaired) electrons. The zero-order chi connectivity index (χ0) is 20.8. The first-order chi connectivity index (χ1) is 14.7. The largest absolute Gasteiger partial charge is 0.336 e. The maximum absolute atomic E-state index is 13.1. The van der Waals surface area contributed by atoms with Gasteiger partial charge in [0, 0.05) is 55.8 Å². The van der Waals surface area contributed by atoms with Gasteiger partial charge in [0.25, 0.3) is 5.91 Å². The molecule has 3 aromatic rings. The van der Waals surface area contributed by atoms with Gasteiger partial charge < -0.3 is 9.80 Å². The highest BCUT2D eigenvalue weighted by atomic mass is 32.1. The number of likely N-dealkylation sites (tertiary alicyclic amines) is 1. The monoisotopic (exact) mass is 420 g/mol. The molecule has 1 atom stereocenters. The Morgan fingerprint density at radius 3 is 2.83 bits per heavy atom. The van der Waals surface area contributed by atoms with E-state index in [1.165, 1.54) is 5.56 Å². The molecular formula is C24H28N4OS. The second kappa shape index (κ2) is 9.96. The lowest BCUT2D eigenvalue weighted by Gasteiger charge is -2.37. The van der Waals surface area contributed by atoms with Crippen LogP contribution in [0.25, 0.3) is 0 Å². The summed E-state index contributed by atoms with van der Waals surface area (Å²) in [5.74, 6) is 0.0633. The third-order valence-electron chi connectivity index (χ3n) is 5.72. The third kappa shape index (κ3) is 5.32. The topological polar surface area (TPSA) is 49.3 Å². The second-order valence-corrected chi connectivity index (χ2v) is 8.83. The van der Waals surface area contributed by atoms with Gasteiger partial charge in [-0.05, 0) is 37.6 Å². The zero-order valence-electron chi connectivity index (χ0n) is 17.4. The minimum absolute atomic E-state index is 0.0633. The van der Waals surface area contributed by atoms with Crippen LogP contribution in [0.3, 0.4) is 0 Å². The quantitative estimate of drug-likeness (QED) is 0.582. The van der Waals surface area contributed by atoms with Gasteiger partial charge in [0.15, 0.2) is 0 Å². The number of pyridine rings is 1. The average Bonchev–Trinajstić information content (AvgIpc) is 3.27. The van der Waals surface area contributed by atoms with Crippen molar-refractivity contribution in [3.63, 3.8) is 0 Å². The highest BCUT2D eigenvalue weighted by molar-refractivity contribution is 7.09. The summed E-state index contributed by atoms with van der Waals surface area (Å²) in [6.45, 7) is 2.53. The minimum Gasteiger partial charge on any atom is -0.336 e. The van der Waals surface area contributed by atoms with Gasteiger partial charge >= 0.3 is 0 Å². The van der Waals surface area contributed by atoms with Crippen LogP contribution in [0.15, 0.2) is 60.1 Å². The lowest BCUT2D eigenvalue weighted by Crippen LogP contribution is -2.49. The van der Waals surface area contributed by atoms with E-state index in [0.717, 1.165) is 56.0 Å². The van der Waals surface area contributed by atoms with E-state index in [1.54, 1.807) is 11.3 Å². The van der Waals surface area contributed by atoms with Crippen LogP contribution in [-0.4, -0.2) is 58.4 Å². The van der Waals surface area contributed by atoms with Crippen molar-refractivity contribution in [3.05, 3.63) is 82.1 Å². The molecule has 0 spiro atoms. The molecular weight excluding hydrogens is 392 g/mol. The van der Waals surface area contributed by atoms with Crippen molar-refractivity contribution in [3.8, 4) is 0 Å². The first kappa shape index (κ1) is 20.7. The van der Waals surface area contributed by atoms with Crippen LogP contribution in [0.2, 0.25) is 0 Å². The fourth-order valence-electron chi connectivity index (χ4n) is 3.94. The summed E-state index contributed by atoms with van der Waals surface area (Å²) in [5.41, 5.74) is 2.92. The van der Waals surface area contributed by atoms with E-state index in [9.17, 15) is 4.79 Å². The van der Waals surface area contributed by atoms with E-state index >= 15 is 0 Å². The SMILES string of the molecule is CN(CCc1ccccn1)C1CCCN(C(=O)c2csc(Cc3ccccc3)n2)C1. The van der Waals surface area contributed by atoms with Crippen molar-refractivity contribution >= 4 is 17.2 Å². The molecule has 0 N–H and O–H groups in total. The smallest absolute Gasteiger partial charge is 0.273 e. The van der Waals surface area contributed by atoms with Crippen molar-refractivity contribution in [2.24, 2.45) is 0 Å².